The third kappa shape index (κ3) is 6.72. The Kier molecular flexibility index (Phi) is 8.95. The van der Waals surface area contributed by atoms with Gasteiger partial charge in [0.15, 0.2) is 0 Å². The number of aryl methyl sites for hydroxylation is 1. The standard InChI is InChI=1S/C27H31NO3.ClH/c29-27(30)23-13-15-28(16-14-23)20-22-9-10-25-19-26(12-11-24(25)18-22)31-17-5-4-8-21-6-2-1-3-7-21;/h1-3,6-7,9-12,18-19,23H,4-5,8,13-17,20H2,(H,29,30);1H. The molecule has 0 radical (unpaired) electrons. The van der Waals surface area contributed by atoms with Gasteiger partial charge >= 0.3 is 5.97 Å². The summed E-state index contributed by atoms with van der Waals surface area (Å²) in [4.78, 5) is 13.5. The van der Waals surface area contributed by atoms with E-state index in [-0.39, 0.29) is 18.3 Å². The van der Waals surface area contributed by atoms with Gasteiger partial charge in [0, 0.05) is 6.54 Å². The quantitative estimate of drug-likeness (QED) is 0.406. The van der Waals surface area contributed by atoms with Crippen LogP contribution >= 0.6 is 12.4 Å². The van der Waals surface area contributed by atoms with E-state index >= 15 is 0 Å². The number of nitrogens with zero attached hydrogens (tertiary/aromatic N) is 1. The second-order valence-electron chi connectivity index (χ2n) is 8.52. The molecule has 1 heterocycles. The van der Waals surface area contributed by atoms with Crippen LogP contribution in [0.5, 0.6) is 5.75 Å². The number of likely N-dealkylation sites (tertiary alicyclic amines) is 1. The van der Waals surface area contributed by atoms with E-state index in [1.54, 1.807) is 0 Å². The smallest absolute Gasteiger partial charge is 0.306 e. The summed E-state index contributed by atoms with van der Waals surface area (Å²) >= 11 is 0. The highest BCUT2D eigenvalue weighted by molar-refractivity contribution is 5.85. The van der Waals surface area contributed by atoms with E-state index in [2.05, 4.69) is 71.6 Å². The third-order valence-electron chi connectivity index (χ3n) is 6.19. The van der Waals surface area contributed by atoms with Gasteiger partial charge in [0.25, 0.3) is 0 Å². The number of piperidine rings is 1. The summed E-state index contributed by atoms with van der Waals surface area (Å²) in [6.45, 7) is 3.32. The zero-order valence-electron chi connectivity index (χ0n) is 18.4. The van der Waals surface area contributed by atoms with E-state index in [0.29, 0.717) is 0 Å². The van der Waals surface area contributed by atoms with Crippen molar-refractivity contribution in [1.82, 2.24) is 4.90 Å². The number of hydrogen-bond donors (Lipinski definition) is 1. The normalized spacial score (nSPS) is 14.8. The lowest BCUT2D eigenvalue weighted by Gasteiger charge is -2.30. The van der Waals surface area contributed by atoms with E-state index in [9.17, 15) is 4.79 Å². The maximum absolute atomic E-state index is 11.1. The minimum atomic E-state index is -0.653. The van der Waals surface area contributed by atoms with Crippen LogP contribution in [0.25, 0.3) is 10.8 Å². The van der Waals surface area contributed by atoms with E-state index < -0.39 is 5.97 Å². The van der Waals surface area contributed by atoms with Gasteiger partial charge in [-0.3, -0.25) is 9.69 Å². The summed E-state index contributed by atoms with van der Waals surface area (Å²) in [5.41, 5.74) is 2.66. The van der Waals surface area contributed by atoms with Gasteiger partial charge in [-0.2, -0.15) is 0 Å². The second kappa shape index (κ2) is 11.9. The SMILES string of the molecule is Cl.O=C(O)C1CCN(Cc2ccc3cc(OCCCCc4ccccc4)ccc3c2)CC1. The molecule has 0 aliphatic carbocycles. The molecule has 0 bridgehead atoms. The Balaban J connectivity index is 0.00000289. The van der Waals surface area contributed by atoms with Gasteiger partial charge in [-0.1, -0.05) is 48.5 Å². The number of rotatable bonds is 9. The molecule has 170 valence electrons. The molecule has 1 saturated heterocycles. The number of carboxylic acids is 1. The number of benzene rings is 3. The Morgan fingerprint density at radius 3 is 2.38 bits per heavy atom. The van der Waals surface area contributed by atoms with Crippen molar-refractivity contribution in [1.29, 1.82) is 0 Å². The molecular weight excluding hydrogens is 422 g/mol. The number of aliphatic carboxylic acids is 1. The summed E-state index contributed by atoms with van der Waals surface area (Å²) in [6, 6.07) is 23.5. The van der Waals surface area contributed by atoms with Gasteiger partial charge in [-0.15, -0.1) is 12.4 Å². The van der Waals surface area contributed by atoms with Crippen LogP contribution in [0.4, 0.5) is 0 Å². The zero-order valence-corrected chi connectivity index (χ0v) is 19.2. The number of ether oxygens (including phenoxy) is 1. The molecule has 1 aliphatic rings. The fraction of sp³-hybridized carbons (Fsp3) is 0.370. The Morgan fingerprint density at radius 2 is 1.62 bits per heavy atom. The van der Waals surface area contributed by atoms with Crippen molar-refractivity contribution < 1.29 is 14.6 Å². The van der Waals surface area contributed by atoms with Crippen LogP contribution in [0.2, 0.25) is 0 Å². The molecule has 0 unspecified atom stereocenters. The molecule has 32 heavy (non-hydrogen) atoms. The van der Waals surface area contributed by atoms with Crippen LogP contribution in [0.15, 0.2) is 66.7 Å². The number of carboxylic acid groups (broad SMARTS) is 1. The molecule has 0 atom stereocenters. The lowest BCUT2D eigenvalue weighted by molar-refractivity contribution is -0.143. The first kappa shape index (κ1) is 24.1. The summed E-state index contributed by atoms with van der Waals surface area (Å²) in [5.74, 6) is 0.0971. The van der Waals surface area contributed by atoms with E-state index in [4.69, 9.17) is 9.84 Å². The summed E-state index contributed by atoms with van der Waals surface area (Å²) in [6.07, 6.45) is 4.76. The molecule has 0 saturated carbocycles. The van der Waals surface area contributed by atoms with Crippen molar-refractivity contribution in [2.75, 3.05) is 19.7 Å². The molecule has 1 N–H and O–H groups in total. The molecule has 0 spiro atoms. The monoisotopic (exact) mass is 453 g/mol. The average Bonchev–Trinajstić information content (AvgIpc) is 2.80. The van der Waals surface area contributed by atoms with Crippen molar-refractivity contribution in [3.63, 3.8) is 0 Å². The molecule has 0 aromatic heterocycles. The van der Waals surface area contributed by atoms with Crippen molar-refractivity contribution in [3.8, 4) is 5.75 Å². The fourth-order valence-corrected chi connectivity index (χ4v) is 4.32. The zero-order chi connectivity index (χ0) is 21.5. The Hall–Kier alpha value is -2.56. The second-order valence-corrected chi connectivity index (χ2v) is 8.52. The number of unbranched alkanes of at least 4 members (excludes halogenated alkanes) is 1. The first-order valence-corrected chi connectivity index (χ1v) is 11.3. The Morgan fingerprint density at radius 1 is 0.906 bits per heavy atom. The van der Waals surface area contributed by atoms with E-state index in [1.165, 1.54) is 21.9 Å². The number of fused-ring (bicyclic) bond motifs is 1. The molecule has 5 heteroatoms. The van der Waals surface area contributed by atoms with Crippen LogP contribution in [0, 0.1) is 5.92 Å². The van der Waals surface area contributed by atoms with Crippen molar-refractivity contribution in [2.45, 2.75) is 38.6 Å². The fourth-order valence-electron chi connectivity index (χ4n) is 4.32. The van der Waals surface area contributed by atoms with Gasteiger partial charge in [0.05, 0.1) is 12.5 Å². The first-order chi connectivity index (χ1) is 15.2. The minimum absolute atomic E-state index is 0. The summed E-state index contributed by atoms with van der Waals surface area (Å²) < 4.78 is 5.98. The molecule has 4 nitrogen and oxygen atoms in total. The average molecular weight is 454 g/mol. The highest BCUT2D eigenvalue weighted by Gasteiger charge is 2.24. The molecule has 1 fully saturated rings. The first-order valence-electron chi connectivity index (χ1n) is 11.3. The van der Waals surface area contributed by atoms with Crippen LogP contribution in [0.1, 0.15) is 36.8 Å². The lowest BCUT2D eigenvalue weighted by Crippen LogP contribution is -2.35. The molecule has 1 aliphatic heterocycles. The van der Waals surface area contributed by atoms with Crippen LogP contribution < -0.4 is 4.74 Å². The van der Waals surface area contributed by atoms with Crippen LogP contribution in [-0.4, -0.2) is 35.7 Å². The largest absolute Gasteiger partial charge is 0.494 e. The number of halogens is 1. The van der Waals surface area contributed by atoms with Crippen molar-refractivity contribution in [2.24, 2.45) is 5.92 Å². The van der Waals surface area contributed by atoms with Crippen LogP contribution in [-0.2, 0) is 17.8 Å². The summed E-state index contributed by atoms with van der Waals surface area (Å²) in [5, 5.41) is 11.6. The van der Waals surface area contributed by atoms with Crippen LogP contribution in [0.3, 0.4) is 0 Å². The van der Waals surface area contributed by atoms with Gasteiger partial charge in [0.2, 0.25) is 0 Å². The number of carbonyl (C=O) groups is 1. The van der Waals surface area contributed by atoms with Gasteiger partial charge in [-0.05, 0) is 85.3 Å². The molecule has 3 aromatic rings. The highest BCUT2D eigenvalue weighted by Crippen LogP contribution is 2.24. The lowest BCUT2D eigenvalue weighted by atomic mass is 9.96. The number of hydrogen-bond acceptors (Lipinski definition) is 3. The summed E-state index contributed by atoms with van der Waals surface area (Å²) in [7, 11) is 0. The molecule has 0 amide bonds. The maximum atomic E-state index is 11.1. The van der Waals surface area contributed by atoms with Crippen molar-refractivity contribution >= 4 is 29.1 Å². The predicted octanol–water partition coefficient (Wildman–Crippen LogP) is 5.96. The maximum Gasteiger partial charge on any atom is 0.306 e. The molecule has 4 rings (SSSR count). The Bertz CT molecular complexity index is 1000. The van der Waals surface area contributed by atoms with E-state index in [0.717, 1.165) is 64.1 Å². The van der Waals surface area contributed by atoms with Gasteiger partial charge in [0.1, 0.15) is 5.75 Å². The highest BCUT2D eigenvalue weighted by atomic mass is 35.5. The van der Waals surface area contributed by atoms with Crippen molar-refractivity contribution in [3.05, 3.63) is 77.9 Å². The topological polar surface area (TPSA) is 49.8 Å². The Labute approximate surface area is 196 Å². The van der Waals surface area contributed by atoms with Gasteiger partial charge in [-0.25, -0.2) is 0 Å². The van der Waals surface area contributed by atoms with E-state index in [1.807, 2.05) is 0 Å². The minimum Gasteiger partial charge on any atom is -0.494 e. The predicted molar refractivity (Wildman–Crippen MR) is 132 cm³/mol. The van der Waals surface area contributed by atoms with Gasteiger partial charge < -0.3 is 9.84 Å². The third-order valence-corrected chi connectivity index (χ3v) is 6.19. The molecule has 3 aromatic carbocycles. The molecular formula is C27H32ClNO3.